The van der Waals surface area contributed by atoms with Gasteiger partial charge < -0.3 is 29.0 Å². The van der Waals surface area contributed by atoms with Crippen LogP contribution in [0.5, 0.6) is 23.0 Å². The van der Waals surface area contributed by atoms with Crippen LogP contribution in [0.2, 0.25) is 0 Å². The van der Waals surface area contributed by atoms with Crippen molar-refractivity contribution in [2.45, 2.75) is 40.0 Å². The summed E-state index contributed by atoms with van der Waals surface area (Å²) in [6, 6.07) is 15.6. The first-order valence-electron chi connectivity index (χ1n) is 16.0. The van der Waals surface area contributed by atoms with E-state index in [0.717, 1.165) is 48.8 Å². The fraction of sp³-hybridized carbons (Fsp3) is 0.324. The van der Waals surface area contributed by atoms with Crippen LogP contribution >= 0.6 is 0 Å². The topological polar surface area (TPSA) is 90.7 Å². The second-order valence-electron chi connectivity index (χ2n) is 12.2. The smallest absolute Gasteiger partial charge is 0.275 e. The van der Waals surface area contributed by atoms with Crippen molar-refractivity contribution in [3.05, 3.63) is 96.0 Å². The molecule has 9 nitrogen and oxygen atoms in total. The number of nitrogens with one attached hydrogen (secondary N) is 1. The Morgan fingerprint density at radius 2 is 1.81 bits per heavy atom. The third-order valence-electron chi connectivity index (χ3n) is 8.61. The lowest BCUT2D eigenvalue weighted by molar-refractivity contribution is 0.102. The van der Waals surface area contributed by atoms with Gasteiger partial charge in [-0.25, -0.2) is 9.37 Å². The monoisotopic (exact) mass is 637 g/mol. The van der Waals surface area contributed by atoms with Crippen LogP contribution in [0.3, 0.4) is 0 Å². The summed E-state index contributed by atoms with van der Waals surface area (Å²) in [7, 11) is 1.58. The predicted octanol–water partition coefficient (Wildman–Crippen LogP) is 7.73. The molecule has 0 bridgehead atoms. The number of hydrogen-bond donors (Lipinski definition) is 1. The average Bonchev–Trinajstić information content (AvgIpc) is 3.56. The van der Waals surface area contributed by atoms with Crippen LogP contribution in [-0.4, -0.2) is 58.7 Å². The SMILES string of the molecule is COc1cc2c(Oc3ccc(NC(=O)c4cn(-c5cc(C)ccc5C)cn4)cc3F)ccnc2cc1OCCCN1CCC(C)CC1. The summed E-state index contributed by atoms with van der Waals surface area (Å²) in [5, 5.41) is 3.37. The summed E-state index contributed by atoms with van der Waals surface area (Å²) in [6.07, 6.45) is 8.27. The number of amides is 1. The number of fused-ring (bicyclic) bond motifs is 1. The highest BCUT2D eigenvalue weighted by atomic mass is 19.1. The quantitative estimate of drug-likeness (QED) is 0.148. The molecule has 1 amide bonds. The van der Waals surface area contributed by atoms with Crippen molar-refractivity contribution in [3.8, 4) is 28.7 Å². The Labute approximate surface area is 274 Å². The number of hydrogen-bond acceptors (Lipinski definition) is 7. The molecule has 5 aromatic rings. The Balaban J connectivity index is 1.11. The number of likely N-dealkylation sites (tertiary alicyclic amines) is 1. The zero-order chi connectivity index (χ0) is 32.9. The van der Waals surface area contributed by atoms with Crippen molar-refractivity contribution in [2.24, 2.45) is 5.92 Å². The Bertz CT molecular complexity index is 1880. The maximum atomic E-state index is 15.3. The molecule has 1 N–H and O–H groups in total. The van der Waals surface area contributed by atoms with Crippen molar-refractivity contribution in [2.75, 3.05) is 38.7 Å². The highest BCUT2D eigenvalue weighted by Crippen LogP contribution is 2.38. The minimum atomic E-state index is -0.635. The van der Waals surface area contributed by atoms with E-state index in [1.165, 1.54) is 25.0 Å². The number of nitrogens with zero attached hydrogens (tertiary/aromatic N) is 4. The van der Waals surface area contributed by atoms with Crippen molar-refractivity contribution in [3.63, 3.8) is 0 Å². The molecule has 1 fully saturated rings. The molecule has 0 radical (unpaired) electrons. The summed E-state index contributed by atoms with van der Waals surface area (Å²) < 4.78 is 34.8. The summed E-state index contributed by atoms with van der Waals surface area (Å²) in [5.41, 5.74) is 4.22. The van der Waals surface area contributed by atoms with Gasteiger partial charge in [0.25, 0.3) is 5.91 Å². The zero-order valence-corrected chi connectivity index (χ0v) is 27.3. The Kier molecular flexibility index (Phi) is 9.68. The lowest BCUT2D eigenvalue weighted by Crippen LogP contribution is -2.34. The van der Waals surface area contributed by atoms with Crippen molar-refractivity contribution < 1.29 is 23.4 Å². The predicted molar refractivity (Wildman–Crippen MR) is 181 cm³/mol. The molecule has 2 aromatic heterocycles. The van der Waals surface area contributed by atoms with Gasteiger partial charge in [0.05, 0.1) is 19.2 Å². The Hall–Kier alpha value is -4.96. The number of halogens is 1. The third-order valence-corrected chi connectivity index (χ3v) is 8.61. The van der Waals surface area contributed by atoms with Crippen LogP contribution in [0.15, 0.2) is 73.3 Å². The number of aromatic nitrogens is 3. The number of imidazole rings is 1. The lowest BCUT2D eigenvalue weighted by Gasteiger charge is -2.30. The molecule has 0 aliphatic carbocycles. The van der Waals surface area contributed by atoms with E-state index in [4.69, 9.17) is 14.2 Å². The van der Waals surface area contributed by atoms with Gasteiger partial charge in [0.1, 0.15) is 17.8 Å². The molecule has 10 heteroatoms. The lowest BCUT2D eigenvalue weighted by atomic mass is 9.99. The van der Waals surface area contributed by atoms with E-state index in [1.807, 2.05) is 38.1 Å². The molecule has 0 unspecified atom stereocenters. The molecule has 244 valence electrons. The van der Waals surface area contributed by atoms with Gasteiger partial charge in [0, 0.05) is 47.8 Å². The van der Waals surface area contributed by atoms with Crippen LogP contribution in [-0.2, 0) is 0 Å². The van der Waals surface area contributed by atoms with Crippen LogP contribution in [0.25, 0.3) is 16.6 Å². The molecule has 1 aliphatic rings. The van der Waals surface area contributed by atoms with E-state index in [-0.39, 0.29) is 17.1 Å². The molecular formula is C37H40FN5O4. The van der Waals surface area contributed by atoms with E-state index in [2.05, 4.69) is 27.1 Å². The van der Waals surface area contributed by atoms with Gasteiger partial charge in [0.2, 0.25) is 0 Å². The van der Waals surface area contributed by atoms with E-state index >= 15 is 4.39 Å². The molecule has 3 heterocycles. The standard InChI is InChI=1S/C37H40FN5O4/c1-24-11-15-42(16-12-24)14-5-17-46-36-21-30-28(20-35(36)45-4)33(10-13-39-30)47-34-9-8-27(19-29(34)38)41-37(44)31-22-43(23-40-31)32-18-25(2)6-7-26(32)3/h6-10,13,18-24H,5,11-12,14-17H2,1-4H3,(H,41,44). The fourth-order valence-corrected chi connectivity index (χ4v) is 5.79. The number of aryl methyl sites for hydroxylation is 2. The first-order valence-corrected chi connectivity index (χ1v) is 16.0. The zero-order valence-electron chi connectivity index (χ0n) is 27.3. The highest BCUT2D eigenvalue weighted by molar-refractivity contribution is 6.02. The van der Waals surface area contributed by atoms with Crippen LogP contribution < -0.4 is 19.5 Å². The van der Waals surface area contributed by atoms with Crippen LogP contribution in [0.4, 0.5) is 10.1 Å². The number of rotatable bonds is 11. The Morgan fingerprint density at radius 3 is 2.60 bits per heavy atom. The van der Waals surface area contributed by atoms with E-state index in [9.17, 15) is 4.79 Å². The number of pyridine rings is 1. The molecule has 3 aromatic carbocycles. The van der Waals surface area contributed by atoms with Gasteiger partial charge in [-0.1, -0.05) is 19.1 Å². The third kappa shape index (κ3) is 7.55. The molecule has 0 saturated carbocycles. The maximum Gasteiger partial charge on any atom is 0.275 e. The number of benzene rings is 3. The largest absolute Gasteiger partial charge is 0.493 e. The number of piperidine rings is 1. The number of ether oxygens (including phenoxy) is 3. The molecule has 0 atom stereocenters. The normalized spacial score (nSPS) is 13.9. The summed E-state index contributed by atoms with van der Waals surface area (Å²) in [6.45, 7) is 10.2. The van der Waals surface area contributed by atoms with Gasteiger partial charge in [-0.2, -0.15) is 0 Å². The van der Waals surface area contributed by atoms with Gasteiger partial charge in [-0.3, -0.25) is 9.78 Å². The molecular weight excluding hydrogens is 597 g/mol. The number of carbonyl (C=O) groups is 1. The Morgan fingerprint density at radius 1 is 0.979 bits per heavy atom. The van der Waals surface area contributed by atoms with Gasteiger partial charge >= 0.3 is 0 Å². The average molecular weight is 638 g/mol. The van der Waals surface area contributed by atoms with E-state index < -0.39 is 11.7 Å². The van der Waals surface area contributed by atoms with Gasteiger partial charge in [-0.15, -0.1) is 0 Å². The minimum Gasteiger partial charge on any atom is -0.493 e. The number of methoxy groups -OCH3 is 1. The van der Waals surface area contributed by atoms with E-state index in [1.54, 1.807) is 48.6 Å². The summed E-state index contributed by atoms with van der Waals surface area (Å²) in [5.74, 6) is 1.28. The fourth-order valence-electron chi connectivity index (χ4n) is 5.79. The second-order valence-corrected chi connectivity index (χ2v) is 12.2. The van der Waals surface area contributed by atoms with Crippen molar-refractivity contribution >= 4 is 22.5 Å². The van der Waals surface area contributed by atoms with Crippen LogP contribution in [0, 0.1) is 25.6 Å². The molecule has 6 rings (SSSR count). The molecule has 0 spiro atoms. The molecule has 47 heavy (non-hydrogen) atoms. The highest BCUT2D eigenvalue weighted by Gasteiger charge is 2.17. The number of anilines is 1. The maximum absolute atomic E-state index is 15.3. The second kappa shape index (κ2) is 14.2. The summed E-state index contributed by atoms with van der Waals surface area (Å²) >= 11 is 0. The first kappa shape index (κ1) is 32.0. The summed E-state index contributed by atoms with van der Waals surface area (Å²) in [4.78, 5) is 24.2. The van der Waals surface area contributed by atoms with Gasteiger partial charge in [0.15, 0.2) is 23.1 Å². The number of carbonyl (C=O) groups excluding carboxylic acids is 1. The minimum absolute atomic E-state index is 0.00102. The van der Waals surface area contributed by atoms with Gasteiger partial charge in [-0.05, 0) is 93.6 Å². The first-order chi connectivity index (χ1) is 22.8. The van der Waals surface area contributed by atoms with Crippen molar-refractivity contribution in [1.82, 2.24) is 19.4 Å². The van der Waals surface area contributed by atoms with Crippen LogP contribution in [0.1, 0.15) is 47.8 Å². The van der Waals surface area contributed by atoms with Crippen molar-refractivity contribution in [1.29, 1.82) is 0 Å². The molecule has 1 saturated heterocycles. The van der Waals surface area contributed by atoms with E-state index in [0.29, 0.717) is 34.8 Å². The molecule has 1 aliphatic heterocycles.